The molecule has 0 radical (unpaired) electrons. The van der Waals surface area contributed by atoms with Gasteiger partial charge in [-0.1, -0.05) is 36.0 Å². The van der Waals surface area contributed by atoms with Gasteiger partial charge in [0.25, 0.3) is 0 Å². The maximum atomic E-state index is 13.0. The van der Waals surface area contributed by atoms with E-state index < -0.39 is 0 Å². The van der Waals surface area contributed by atoms with Gasteiger partial charge in [0.05, 0.1) is 17.1 Å². The van der Waals surface area contributed by atoms with Crippen molar-refractivity contribution in [3.05, 3.63) is 66.8 Å². The van der Waals surface area contributed by atoms with Crippen molar-refractivity contribution >= 4 is 28.4 Å². The van der Waals surface area contributed by atoms with Gasteiger partial charge in [-0.2, -0.15) is 0 Å². The minimum atomic E-state index is -0.315. The number of aromatic nitrogens is 4. The van der Waals surface area contributed by atoms with Crippen LogP contribution in [-0.2, 0) is 6.54 Å². The molecule has 142 valence electrons. The van der Waals surface area contributed by atoms with Crippen LogP contribution in [0.3, 0.4) is 0 Å². The van der Waals surface area contributed by atoms with Crippen molar-refractivity contribution in [3.63, 3.8) is 0 Å². The van der Waals surface area contributed by atoms with Gasteiger partial charge in [0.1, 0.15) is 5.76 Å². The van der Waals surface area contributed by atoms with Crippen LogP contribution in [0.15, 0.2) is 65.0 Å². The maximum Gasteiger partial charge on any atom is 0.192 e. The van der Waals surface area contributed by atoms with E-state index in [1.165, 1.54) is 11.8 Å². The Morgan fingerprint density at radius 2 is 2.18 bits per heavy atom. The van der Waals surface area contributed by atoms with Gasteiger partial charge in [-0.25, -0.2) is 0 Å². The fourth-order valence-corrected chi connectivity index (χ4v) is 4.12. The van der Waals surface area contributed by atoms with Crippen molar-refractivity contribution in [2.45, 2.75) is 30.8 Å². The van der Waals surface area contributed by atoms with Crippen LogP contribution < -0.4 is 0 Å². The molecule has 4 rings (SSSR count). The number of fused-ring (bicyclic) bond motifs is 1. The van der Waals surface area contributed by atoms with E-state index in [2.05, 4.69) is 21.8 Å². The van der Waals surface area contributed by atoms with Gasteiger partial charge in [0.15, 0.2) is 16.8 Å². The summed E-state index contributed by atoms with van der Waals surface area (Å²) in [6, 6.07) is 9.67. The average Bonchev–Trinajstić information content (AvgIpc) is 3.40. The molecule has 1 N–H and O–H groups in total. The van der Waals surface area contributed by atoms with Gasteiger partial charge >= 0.3 is 0 Å². The van der Waals surface area contributed by atoms with Crippen LogP contribution in [0.25, 0.3) is 22.3 Å². The molecule has 0 aliphatic rings. The van der Waals surface area contributed by atoms with Gasteiger partial charge in [-0.05, 0) is 26.0 Å². The van der Waals surface area contributed by atoms with Gasteiger partial charge in [0, 0.05) is 29.2 Å². The second-order valence-corrected chi connectivity index (χ2v) is 7.78. The molecule has 1 unspecified atom stereocenters. The number of rotatable bonds is 7. The molecule has 0 fully saturated rings. The summed E-state index contributed by atoms with van der Waals surface area (Å²) in [5, 5.41) is 9.95. The number of aryl methyl sites for hydroxylation is 1. The van der Waals surface area contributed by atoms with E-state index >= 15 is 0 Å². The lowest BCUT2D eigenvalue weighted by atomic mass is 10.1. The zero-order chi connectivity index (χ0) is 19.7. The number of nitrogens with zero attached hydrogens (tertiary/aromatic N) is 3. The molecule has 1 aromatic carbocycles. The highest BCUT2D eigenvalue weighted by atomic mass is 32.2. The third-order valence-corrected chi connectivity index (χ3v) is 5.71. The molecule has 0 spiro atoms. The summed E-state index contributed by atoms with van der Waals surface area (Å²) in [5.74, 6) is 1.54. The number of H-pyrrole nitrogens is 1. The standard InChI is InChI=1S/C21H20N4O2S/c1-4-10-25-20(15-9-11-27-13(15)2)23-24-21(25)28-14(3)19(26)17-12-22-18-8-6-5-7-16(17)18/h4-9,11-12,14,22H,1,10H2,2-3H3. The summed E-state index contributed by atoms with van der Waals surface area (Å²) in [7, 11) is 0. The maximum absolute atomic E-state index is 13.0. The molecule has 0 bridgehead atoms. The molecular weight excluding hydrogens is 372 g/mol. The first-order chi connectivity index (χ1) is 13.6. The molecule has 7 heteroatoms. The Bertz CT molecular complexity index is 1150. The van der Waals surface area contributed by atoms with E-state index in [9.17, 15) is 4.79 Å². The van der Waals surface area contributed by atoms with Crippen LogP contribution in [0.2, 0.25) is 0 Å². The molecule has 0 aliphatic heterocycles. The van der Waals surface area contributed by atoms with E-state index in [0.29, 0.717) is 23.1 Å². The summed E-state index contributed by atoms with van der Waals surface area (Å²) < 4.78 is 7.35. The molecule has 3 aromatic heterocycles. The molecule has 6 nitrogen and oxygen atoms in total. The molecule has 28 heavy (non-hydrogen) atoms. The number of furan rings is 1. The van der Waals surface area contributed by atoms with Crippen molar-refractivity contribution in [3.8, 4) is 11.4 Å². The monoisotopic (exact) mass is 392 g/mol. The smallest absolute Gasteiger partial charge is 0.192 e. The van der Waals surface area contributed by atoms with E-state index in [4.69, 9.17) is 4.42 Å². The molecule has 1 atom stereocenters. The molecule has 0 amide bonds. The van der Waals surface area contributed by atoms with E-state index in [1.54, 1.807) is 18.5 Å². The van der Waals surface area contributed by atoms with Crippen LogP contribution >= 0.6 is 11.8 Å². The van der Waals surface area contributed by atoms with Crippen LogP contribution in [0.1, 0.15) is 23.0 Å². The third kappa shape index (κ3) is 3.18. The Labute approximate surface area is 166 Å². The predicted molar refractivity (Wildman–Crippen MR) is 111 cm³/mol. The Hall–Kier alpha value is -3.06. The number of hydrogen-bond donors (Lipinski definition) is 1. The number of para-hydroxylation sites is 1. The summed E-state index contributed by atoms with van der Waals surface area (Å²) in [6.07, 6.45) is 5.20. The Balaban J connectivity index is 1.63. The zero-order valence-electron chi connectivity index (χ0n) is 15.7. The Morgan fingerprint density at radius 1 is 1.36 bits per heavy atom. The van der Waals surface area contributed by atoms with Crippen molar-refractivity contribution in [1.82, 2.24) is 19.7 Å². The molecular formula is C21H20N4O2S. The fourth-order valence-electron chi connectivity index (χ4n) is 3.19. The normalized spacial score (nSPS) is 12.4. The predicted octanol–water partition coefficient (Wildman–Crippen LogP) is 4.88. The number of hydrogen-bond acceptors (Lipinski definition) is 5. The second kappa shape index (κ2) is 7.52. The van der Waals surface area contributed by atoms with Crippen LogP contribution in [0.5, 0.6) is 0 Å². The lowest BCUT2D eigenvalue weighted by Crippen LogP contribution is -2.14. The quantitative estimate of drug-likeness (QED) is 0.276. The highest BCUT2D eigenvalue weighted by molar-refractivity contribution is 8.00. The zero-order valence-corrected chi connectivity index (χ0v) is 16.5. The van der Waals surface area contributed by atoms with Crippen molar-refractivity contribution in [2.75, 3.05) is 0 Å². The number of carbonyl (C=O) groups excluding carboxylic acids is 1. The highest BCUT2D eigenvalue weighted by Gasteiger charge is 2.24. The molecule has 3 heterocycles. The minimum Gasteiger partial charge on any atom is -0.469 e. The van der Waals surface area contributed by atoms with E-state index in [-0.39, 0.29) is 11.0 Å². The van der Waals surface area contributed by atoms with Gasteiger partial charge < -0.3 is 9.40 Å². The number of Topliss-reactive ketones (excluding diaryl/α,β-unsaturated/α-hetero) is 1. The number of nitrogens with one attached hydrogen (secondary N) is 1. The minimum absolute atomic E-state index is 0.0524. The van der Waals surface area contributed by atoms with Crippen LogP contribution in [0.4, 0.5) is 0 Å². The average molecular weight is 392 g/mol. The number of aromatic amines is 1. The van der Waals surface area contributed by atoms with E-state index in [0.717, 1.165) is 22.2 Å². The SMILES string of the molecule is C=CCn1c(SC(C)C(=O)c2c[nH]c3ccccc23)nnc1-c1ccoc1C. The van der Waals surface area contributed by atoms with E-state index in [1.807, 2.05) is 48.7 Å². The molecule has 0 aliphatic carbocycles. The lowest BCUT2D eigenvalue weighted by Gasteiger charge is -2.11. The summed E-state index contributed by atoms with van der Waals surface area (Å²) in [6.45, 7) is 8.16. The number of allylic oxidation sites excluding steroid dienone is 1. The first-order valence-electron chi connectivity index (χ1n) is 8.95. The lowest BCUT2D eigenvalue weighted by molar-refractivity contribution is 0.0995. The topological polar surface area (TPSA) is 76.7 Å². The summed E-state index contributed by atoms with van der Waals surface area (Å²) >= 11 is 1.40. The Kier molecular flexibility index (Phi) is 4.92. The van der Waals surface area contributed by atoms with Crippen molar-refractivity contribution < 1.29 is 9.21 Å². The molecule has 0 saturated carbocycles. The van der Waals surface area contributed by atoms with Gasteiger partial charge in [-0.3, -0.25) is 9.36 Å². The van der Waals surface area contributed by atoms with Crippen molar-refractivity contribution in [2.24, 2.45) is 0 Å². The number of benzene rings is 1. The van der Waals surface area contributed by atoms with Gasteiger partial charge in [-0.15, -0.1) is 16.8 Å². The Morgan fingerprint density at radius 3 is 2.93 bits per heavy atom. The first kappa shape index (κ1) is 18.3. The fraction of sp³-hybridized carbons (Fsp3) is 0.190. The summed E-state index contributed by atoms with van der Waals surface area (Å²) in [4.78, 5) is 16.2. The number of carbonyl (C=O) groups is 1. The van der Waals surface area contributed by atoms with Crippen LogP contribution in [0, 0.1) is 6.92 Å². The number of ketones is 1. The van der Waals surface area contributed by atoms with Crippen molar-refractivity contribution in [1.29, 1.82) is 0 Å². The summed E-state index contributed by atoms with van der Waals surface area (Å²) in [5.41, 5.74) is 2.53. The number of thioether (sulfide) groups is 1. The second-order valence-electron chi connectivity index (χ2n) is 6.47. The first-order valence-corrected chi connectivity index (χ1v) is 9.83. The molecule has 0 saturated heterocycles. The highest BCUT2D eigenvalue weighted by Crippen LogP contribution is 2.31. The molecule has 4 aromatic rings. The third-order valence-electron chi connectivity index (χ3n) is 4.63. The van der Waals surface area contributed by atoms with Crippen LogP contribution in [-0.4, -0.2) is 30.8 Å². The van der Waals surface area contributed by atoms with Gasteiger partial charge in [0.2, 0.25) is 0 Å². The largest absolute Gasteiger partial charge is 0.469 e.